The summed E-state index contributed by atoms with van der Waals surface area (Å²) >= 11 is 0. The largest absolute Gasteiger partial charge is 0.382 e. The number of hydrogen-bond acceptors (Lipinski definition) is 6. The molecular weight excluding hydrogens is 288 g/mol. The summed E-state index contributed by atoms with van der Waals surface area (Å²) < 4.78 is 15.4. The Morgan fingerprint density at radius 3 is 2.14 bits per heavy atom. The van der Waals surface area contributed by atoms with Crippen LogP contribution in [-0.4, -0.2) is 59.2 Å². The fourth-order valence-corrected chi connectivity index (χ4v) is 1.71. The van der Waals surface area contributed by atoms with E-state index in [9.17, 15) is 4.79 Å². The predicted octanol–water partition coefficient (Wildman–Crippen LogP) is 1.01. The Morgan fingerprint density at radius 1 is 0.864 bits per heavy atom. The average molecular weight is 320 g/mol. The number of nitrogens with two attached hydrogens (primary N) is 1. The lowest BCUT2D eigenvalue weighted by molar-refractivity contribution is -0.135. The molecule has 0 rings (SSSR count). The van der Waals surface area contributed by atoms with Gasteiger partial charge in [0, 0.05) is 13.5 Å². The molecule has 7 nitrogen and oxygen atoms in total. The van der Waals surface area contributed by atoms with Crippen molar-refractivity contribution in [2.75, 3.05) is 53.3 Å². The Kier molecular flexibility index (Phi) is 17.7. The van der Waals surface area contributed by atoms with E-state index in [4.69, 9.17) is 24.8 Å². The van der Waals surface area contributed by atoms with Crippen molar-refractivity contribution in [2.45, 2.75) is 38.5 Å². The van der Waals surface area contributed by atoms with E-state index in [0.717, 1.165) is 38.6 Å². The van der Waals surface area contributed by atoms with Crippen LogP contribution in [-0.2, 0) is 23.8 Å². The Hall–Kier alpha value is -0.730. The predicted molar refractivity (Wildman–Crippen MR) is 84.4 cm³/mol. The molecule has 0 fully saturated rings. The summed E-state index contributed by atoms with van der Waals surface area (Å²) in [4.78, 5) is 16.5. The van der Waals surface area contributed by atoms with E-state index in [-0.39, 0.29) is 5.91 Å². The van der Waals surface area contributed by atoms with Crippen molar-refractivity contribution in [1.29, 1.82) is 0 Å². The molecule has 0 aromatic rings. The van der Waals surface area contributed by atoms with Crippen molar-refractivity contribution >= 4 is 5.91 Å². The monoisotopic (exact) mass is 320 g/mol. The second-order valence-electron chi connectivity index (χ2n) is 4.90. The van der Waals surface area contributed by atoms with Crippen molar-refractivity contribution in [3.05, 3.63) is 0 Å². The number of amides is 1. The first-order valence-electron chi connectivity index (χ1n) is 8.06. The van der Waals surface area contributed by atoms with E-state index in [2.05, 4.69) is 5.48 Å². The molecule has 0 atom stereocenters. The Bertz CT molecular complexity index is 242. The zero-order valence-corrected chi connectivity index (χ0v) is 13.8. The van der Waals surface area contributed by atoms with Crippen LogP contribution in [0.3, 0.4) is 0 Å². The van der Waals surface area contributed by atoms with Gasteiger partial charge >= 0.3 is 0 Å². The molecule has 0 heterocycles. The summed E-state index contributed by atoms with van der Waals surface area (Å²) in [5.41, 5.74) is 7.83. The van der Waals surface area contributed by atoms with E-state index in [1.807, 2.05) is 0 Å². The molecule has 0 saturated heterocycles. The average Bonchev–Trinajstić information content (AvgIpc) is 2.52. The van der Waals surface area contributed by atoms with Gasteiger partial charge in [-0.05, 0) is 19.4 Å². The molecule has 1 amide bonds. The van der Waals surface area contributed by atoms with Crippen LogP contribution in [0.2, 0.25) is 0 Å². The number of hydrogen-bond donors (Lipinski definition) is 2. The van der Waals surface area contributed by atoms with E-state index < -0.39 is 0 Å². The van der Waals surface area contributed by atoms with Crippen LogP contribution in [0.15, 0.2) is 0 Å². The van der Waals surface area contributed by atoms with E-state index in [1.54, 1.807) is 7.11 Å². The molecule has 0 bridgehead atoms. The number of rotatable bonds is 17. The second kappa shape index (κ2) is 18.3. The van der Waals surface area contributed by atoms with Gasteiger partial charge in [-0.15, -0.1) is 0 Å². The molecule has 0 radical (unpaired) electrons. The van der Waals surface area contributed by atoms with Gasteiger partial charge in [-0.1, -0.05) is 19.3 Å². The van der Waals surface area contributed by atoms with Crippen LogP contribution in [0.5, 0.6) is 0 Å². The summed E-state index contributed by atoms with van der Waals surface area (Å²) in [5.74, 6) is -0.0817. The fraction of sp³-hybridized carbons (Fsp3) is 0.933. The number of carbonyl (C=O) groups excluding carboxylic acids is 1. The molecule has 0 spiro atoms. The van der Waals surface area contributed by atoms with Crippen molar-refractivity contribution in [1.82, 2.24) is 5.48 Å². The lowest BCUT2D eigenvalue weighted by Crippen LogP contribution is -2.25. The minimum Gasteiger partial charge on any atom is -0.382 e. The summed E-state index contributed by atoms with van der Waals surface area (Å²) in [6.45, 7) is 3.69. The molecular formula is C15H32N2O5. The van der Waals surface area contributed by atoms with Crippen LogP contribution in [0, 0.1) is 0 Å². The van der Waals surface area contributed by atoms with Crippen LogP contribution in [0.1, 0.15) is 38.5 Å². The fourth-order valence-electron chi connectivity index (χ4n) is 1.71. The number of hydroxylamine groups is 1. The van der Waals surface area contributed by atoms with Gasteiger partial charge in [0.05, 0.1) is 39.6 Å². The minimum atomic E-state index is -0.0817. The molecule has 3 N–H and O–H groups in total. The van der Waals surface area contributed by atoms with Crippen LogP contribution in [0.4, 0.5) is 0 Å². The van der Waals surface area contributed by atoms with Crippen molar-refractivity contribution in [2.24, 2.45) is 5.73 Å². The molecule has 22 heavy (non-hydrogen) atoms. The highest BCUT2D eigenvalue weighted by atomic mass is 16.7. The number of unbranched alkanes of at least 4 members (excludes halogenated alkanes) is 4. The first-order chi connectivity index (χ1) is 10.8. The topological polar surface area (TPSA) is 92.0 Å². The molecule has 0 aromatic carbocycles. The Labute approximate surface area is 133 Å². The van der Waals surface area contributed by atoms with Crippen LogP contribution < -0.4 is 11.2 Å². The summed E-state index contributed by atoms with van der Waals surface area (Å²) in [6, 6.07) is 0. The standard InChI is InChI=1S/C15H32N2O5/c1-19-9-10-20-11-12-21-13-14-22-17-15(18)7-5-3-2-4-6-8-16/h2-14,16H2,1H3,(H,17,18). The molecule has 0 aliphatic heterocycles. The second-order valence-corrected chi connectivity index (χ2v) is 4.90. The lowest BCUT2D eigenvalue weighted by Gasteiger charge is -2.07. The molecule has 132 valence electrons. The summed E-state index contributed by atoms with van der Waals surface area (Å²) in [6.07, 6.45) is 5.77. The highest BCUT2D eigenvalue weighted by molar-refractivity contribution is 5.74. The van der Waals surface area contributed by atoms with Gasteiger partial charge in [0.15, 0.2) is 0 Å². The third-order valence-corrected chi connectivity index (χ3v) is 2.93. The highest BCUT2D eigenvalue weighted by Crippen LogP contribution is 2.04. The molecule has 0 aromatic heterocycles. The number of carbonyl (C=O) groups is 1. The van der Waals surface area contributed by atoms with Crippen LogP contribution in [0.25, 0.3) is 0 Å². The van der Waals surface area contributed by atoms with Gasteiger partial charge in [0.25, 0.3) is 0 Å². The van der Waals surface area contributed by atoms with E-state index >= 15 is 0 Å². The maximum atomic E-state index is 11.4. The van der Waals surface area contributed by atoms with Gasteiger partial charge in [-0.3, -0.25) is 9.63 Å². The summed E-state index contributed by atoms with van der Waals surface area (Å²) in [5, 5.41) is 0. The van der Waals surface area contributed by atoms with Crippen molar-refractivity contribution < 1.29 is 23.8 Å². The molecule has 7 heteroatoms. The number of methoxy groups -OCH3 is 1. The first kappa shape index (κ1) is 21.3. The molecule has 0 aliphatic rings. The zero-order valence-electron chi connectivity index (χ0n) is 13.8. The number of nitrogens with one attached hydrogen (secondary N) is 1. The SMILES string of the molecule is COCCOCCOCCONC(=O)CCCCCCCN. The highest BCUT2D eigenvalue weighted by Gasteiger charge is 2.00. The third kappa shape index (κ3) is 17.3. The first-order valence-corrected chi connectivity index (χ1v) is 8.06. The lowest BCUT2D eigenvalue weighted by atomic mass is 10.1. The zero-order chi connectivity index (χ0) is 16.3. The van der Waals surface area contributed by atoms with Gasteiger partial charge in [0.1, 0.15) is 0 Å². The maximum Gasteiger partial charge on any atom is 0.243 e. The van der Waals surface area contributed by atoms with Gasteiger partial charge in [0.2, 0.25) is 5.91 Å². The van der Waals surface area contributed by atoms with Gasteiger partial charge in [-0.2, -0.15) is 0 Å². The van der Waals surface area contributed by atoms with Crippen molar-refractivity contribution in [3.63, 3.8) is 0 Å². The normalized spacial score (nSPS) is 10.8. The van der Waals surface area contributed by atoms with E-state index in [1.165, 1.54) is 0 Å². The summed E-state index contributed by atoms with van der Waals surface area (Å²) in [7, 11) is 1.63. The Morgan fingerprint density at radius 2 is 1.45 bits per heavy atom. The maximum absolute atomic E-state index is 11.4. The van der Waals surface area contributed by atoms with E-state index in [0.29, 0.717) is 46.1 Å². The smallest absolute Gasteiger partial charge is 0.243 e. The third-order valence-electron chi connectivity index (χ3n) is 2.93. The minimum absolute atomic E-state index is 0.0817. The molecule has 0 aliphatic carbocycles. The van der Waals surface area contributed by atoms with Gasteiger partial charge in [-0.25, -0.2) is 5.48 Å². The van der Waals surface area contributed by atoms with Crippen molar-refractivity contribution in [3.8, 4) is 0 Å². The Balaban J connectivity index is 3.12. The van der Waals surface area contributed by atoms with Crippen LogP contribution >= 0.6 is 0 Å². The molecule has 0 unspecified atom stereocenters. The molecule has 0 saturated carbocycles. The number of ether oxygens (including phenoxy) is 3. The van der Waals surface area contributed by atoms with Gasteiger partial charge < -0.3 is 19.9 Å². The quantitative estimate of drug-likeness (QED) is 0.307.